The average Bonchev–Trinajstić information content (AvgIpc) is 3.59. The van der Waals surface area contributed by atoms with Crippen molar-refractivity contribution in [3.05, 3.63) is 258 Å². The number of aryl methyl sites for hydroxylation is 1. The van der Waals surface area contributed by atoms with E-state index in [0.717, 1.165) is 17.1 Å². The average molecular weight is 728 g/mol. The van der Waals surface area contributed by atoms with Gasteiger partial charge in [-0.3, -0.25) is 0 Å². The van der Waals surface area contributed by atoms with Crippen LogP contribution in [0.15, 0.2) is 225 Å². The Balaban J connectivity index is 1.24. The lowest BCUT2D eigenvalue weighted by atomic mass is 9.67. The van der Waals surface area contributed by atoms with Gasteiger partial charge in [0.25, 0.3) is 0 Å². The maximum Gasteiger partial charge on any atom is 0.0714 e. The van der Waals surface area contributed by atoms with Gasteiger partial charge in [0.05, 0.1) is 5.41 Å². The molecule has 0 aromatic heterocycles. The highest BCUT2D eigenvalue weighted by Gasteiger charge is 2.46. The highest BCUT2D eigenvalue weighted by Crippen LogP contribution is 2.57. The molecule has 57 heavy (non-hydrogen) atoms. The van der Waals surface area contributed by atoms with E-state index in [1.165, 1.54) is 77.2 Å². The van der Waals surface area contributed by atoms with Crippen molar-refractivity contribution in [2.75, 3.05) is 4.90 Å². The van der Waals surface area contributed by atoms with Crippen molar-refractivity contribution >= 4 is 39.0 Å². The Morgan fingerprint density at radius 2 is 0.947 bits per heavy atom. The van der Waals surface area contributed by atoms with Crippen molar-refractivity contribution in [1.82, 2.24) is 0 Å². The van der Waals surface area contributed by atoms with Gasteiger partial charge in [0, 0.05) is 17.1 Å². The molecule has 270 valence electrons. The monoisotopic (exact) mass is 727 g/mol. The second-order valence-electron chi connectivity index (χ2n) is 14.9. The summed E-state index contributed by atoms with van der Waals surface area (Å²) in [6, 6.07) is 75.1. The molecule has 1 heteroatoms. The SMILES string of the molecule is C=C/C(=C\c1c(C)c2ccccc2c2ccccc12)N(c1ccc(-c2ccccc2)cc1)c1ccc2c(c1)C(c1ccccc1)(c1ccccc1)c1ccccc1-2. The summed E-state index contributed by atoms with van der Waals surface area (Å²) in [7, 11) is 0. The Morgan fingerprint density at radius 3 is 1.60 bits per heavy atom. The van der Waals surface area contributed by atoms with Crippen molar-refractivity contribution in [3.63, 3.8) is 0 Å². The van der Waals surface area contributed by atoms with Crippen LogP contribution in [0, 0.1) is 6.92 Å². The Hall–Kier alpha value is -7.22. The van der Waals surface area contributed by atoms with E-state index in [1.807, 2.05) is 6.08 Å². The zero-order valence-electron chi connectivity index (χ0n) is 31.9. The minimum atomic E-state index is -0.517. The van der Waals surface area contributed by atoms with Gasteiger partial charge in [0.2, 0.25) is 0 Å². The van der Waals surface area contributed by atoms with E-state index in [-0.39, 0.29) is 0 Å². The first kappa shape index (κ1) is 34.3. The Bertz CT molecular complexity index is 2920. The molecule has 1 nitrogen and oxygen atoms in total. The van der Waals surface area contributed by atoms with Crippen molar-refractivity contribution < 1.29 is 0 Å². The fourth-order valence-electron chi connectivity index (χ4n) is 9.35. The smallest absolute Gasteiger partial charge is 0.0714 e. The molecule has 0 saturated heterocycles. The quantitative estimate of drug-likeness (QED) is 0.111. The number of fused-ring (bicyclic) bond motifs is 6. The van der Waals surface area contributed by atoms with Gasteiger partial charge in [-0.05, 0) is 121 Å². The molecule has 0 heterocycles. The number of hydrogen-bond acceptors (Lipinski definition) is 1. The number of allylic oxidation sites excluding steroid dienone is 1. The van der Waals surface area contributed by atoms with Gasteiger partial charge in [-0.2, -0.15) is 0 Å². The molecule has 0 unspecified atom stereocenters. The summed E-state index contributed by atoms with van der Waals surface area (Å²) in [4.78, 5) is 2.38. The van der Waals surface area contributed by atoms with E-state index < -0.39 is 5.41 Å². The highest BCUT2D eigenvalue weighted by atomic mass is 15.1. The summed E-state index contributed by atoms with van der Waals surface area (Å²) >= 11 is 0. The summed E-state index contributed by atoms with van der Waals surface area (Å²) in [5.41, 5.74) is 15.0. The molecule has 0 fully saturated rings. The predicted molar refractivity (Wildman–Crippen MR) is 242 cm³/mol. The van der Waals surface area contributed by atoms with Crippen LogP contribution in [0.2, 0.25) is 0 Å². The van der Waals surface area contributed by atoms with Gasteiger partial charge in [-0.1, -0.05) is 189 Å². The van der Waals surface area contributed by atoms with Gasteiger partial charge < -0.3 is 4.90 Å². The zero-order chi connectivity index (χ0) is 38.3. The number of anilines is 2. The van der Waals surface area contributed by atoms with Crippen LogP contribution in [0.1, 0.15) is 33.4 Å². The minimum absolute atomic E-state index is 0.517. The lowest BCUT2D eigenvalue weighted by Crippen LogP contribution is -2.28. The standard InChI is InChI=1S/C56H41N/c1-3-44(37-53-39(2)47-25-13-14-26-48(47)49-27-15-16-28-50(49)53)57(45-33-31-41(32-34-45)40-19-7-4-8-20-40)46-35-36-52-51-29-17-18-30-54(51)56(55(52)38-46,42-21-9-5-10-22-42)43-23-11-6-12-24-43/h3-38H,1H2,2H3/b44-37+. The topological polar surface area (TPSA) is 3.24 Å². The molecular weight excluding hydrogens is 687 g/mol. The Labute approximate surface area is 335 Å². The molecular formula is C56H41N. The van der Waals surface area contributed by atoms with Gasteiger partial charge in [-0.25, -0.2) is 0 Å². The van der Waals surface area contributed by atoms with E-state index in [2.05, 4.69) is 231 Å². The van der Waals surface area contributed by atoms with Gasteiger partial charge in [0.15, 0.2) is 0 Å². The third kappa shape index (κ3) is 5.54. The summed E-state index contributed by atoms with van der Waals surface area (Å²) in [5, 5.41) is 5.00. The molecule has 0 aliphatic heterocycles. The van der Waals surface area contributed by atoms with Crippen LogP contribution >= 0.6 is 0 Å². The van der Waals surface area contributed by atoms with E-state index in [4.69, 9.17) is 0 Å². The first-order valence-corrected chi connectivity index (χ1v) is 19.7. The van der Waals surface area contributed by atoms with E-state index >= 15 is 0 Å². The van der Waals surface area contributed by atoms with Crippen molar-refractivity contribution in [1.29, 1.82) is 0 Å². The molecule has 1 aliphatic carbocycles. The van der Waals surface area contributed by atoms with E-state index in [1.54, 1.807) is 0 Å². The number of hydrogen-bond donors (Lipinski definition) is 0. The van der Waals surface area contributed by atoms with Gasteiger partial charge in [-0.15, -0.1) is 0 Å². The highest BCUT2D eigenvalue weighted by molar-refractivity contribution is 6.13. The number of rotatable bonds is 8. The summed E-state index contributed by atoms with van der Waals surface area (Å²) in [5.74, 6) is 0. The van der Waals surface area contributed by atoms with Crippen molar-refractivity contribution in [2.24, 2.45) is 0 Å². The molecule has 9 aromatic rings. The fourth-order valence-corrected chi connectivity index (χ4v) is 9.35. The number of nitrogens with zero attached hydrogens (tertiary/aromatic N) is 1. The molecule has 0 radical (unpaired) electrons. The third-order valence-electron chi connectivity index (χ3n) is 11.9. The van der Waals surface area contributed by atoms with E-state index in [0.29, 0.717) is 0 Å². The molecule has 0 atom stereocenters. The van der Waals surface area contributed by atoms with Crippen LogP contribution in [0.3, 0.4) is 0 Å². The van der Waals surface area contributed by atoms with E-state index in [9.17, 15) is 0 Å². The third-order valence-corrected chi connectivity index (χ3v) is 11.9. The van der Waals surface area contributed by atoms with Gasteiger partial charge >= 0.3 is 0 Å². The molecule has 10 rings (SSSR count). The first-order valence-electron chi connectivity index (χ1n) is 19.7. The molecule has 0 amide bonds. The second-order valence-corrected chi connectivity index (χ2v) is 14.9. The second kappa shape index (κ2) is 14.1. The summed E-state index contributed by atoms with van der Waals surface area (Å²) in [6.45, 7) is 6.74. The van der Waals surface area contributed by atoms with Gasteiger partial charge in [0.1, 0.15) is 0 Å². The number of benzene rings is 9. The van der Waals surface area contributed by atoms with Crippen LogP contribution in [0.5, 0.6) is 0 Å². The fraction of sp³-hybridized carbons (Fsp3) is 0.0357. The lowest BCUT2D eigenvalue weighted by Gasteiger charge is -2.35. The molecule has 0 bridgehead atoms. The normalized spacial score (nSPS) is 13.0. The Morgan fingerprint density at radius 1 is 0.456 bits per heavy atom. The molecule has 0 N–H and O–H groups in total. The summed E-state index contributed by atoms with van der Waals surface area (Å²) < 4.78 is 0. The maximum atomic E-state index is 4.49. The molecule has 9 aromatic carbocycles. The first-order chi connectivity index (χ1) is 28.2. The molecule has 0 saturated carbocycles. The van der Waals surface area contributed by atoms with Crippen molar-refractivity contribution in [2.45, 2.75) is 12.3 Å². The van der Waals surface area contributed by atoms with Crippen LogP contribution in [0.25, 0.3) is 49.9 Å². The van der Waals surface area contributed by atoms with Crippen LogP contribution in [-0.4, -0.2) is 0 Å². The largest absolute Gasteiger partial charge is 0.310 e. The predicted octanol–water partition coefficient (Wildman–Crippen LogP) is 14.7. The lowest BCUT2D eigenvalue weighted by molar-refractivity contribution is 0.768. The molecule has 1 aliphatic rings. The minimum Gasteiger partial charge on any atom is -0.310 e. The zero-order valence-corrected chi connectivity index (χ0v) is 31.9. The maximum absolute atomic E-state index is 4.49. The van der Waals surface area contributed by atoms with Crippen LogP contribution < -0.4 is 4.90 Å². The van der Waals surface area contributed by atoms with Crippen LogP contribution in [0.4, 0.5) is 11.4 Å². The Kier molecular flexibility index (Phi) is 8.50. The molecule has 0 spiro atoms. The van der Waals surface area contributed by atoms with Crippen molar-refractivity contribution in [3.8, 4) is 22.3 Å². The van der Waals surface area contributed by atoms with Crippen LogP contribution in [-0.2, 0) is 5.41 Å². The summed E-state index contributed by atoms with van der Waals surface area (Å²) in [6.07, 6.45) is 4.35.